The number of hydrogen-bond donors (Lipinski definition) is 3. The maximum Gasteiger partial charge on any atom is 0.306 e. The van der Waals surface area contributed by atoms with E-state index in [0.29, 0.717) is 25.8 Å². The van der Waals surface area contributed by atoms with Crippen LogP contribution < -0.4 is 5.32 Å². The maximum absolute atomic E-state index is 11.7. The average molecular weight is 267 g/mol. The Labute approximate surface area is 112 Å². The van der Waals surface area contributed by atoms with Crippen LogP contribution in [-0.2, 0) is 16.0 Å². The minimum atomic E-state index is -0.795. The fraction of sp³-hybridized carbons (Fsp3) is 0.615. The van der Waals surface area contributed by atoms with E-state index in [0.717, 1.165) is 17.0 Å². The number of H-pyrrole nitrogens is 1. The third kappa shape index (κ3) is 4.73. The predicted octanol–water partition coefficient (Wildman–Crippen LogP) is 1.19. The van der Waals surface area contributed by atoms with E-state index in [1.807, 2.05) is 13.8 Å². The zero-order chi connectivity index (χ0) is 14.4. The van der Waals surface area contributed by atoms with E-state index in [9.17, 15) is 9.59 Å². The molecule has 0 spiro atoms. The van der Waals surface area contributed by atoms with Crippen LogP contribution in [0.15, 0.2) is 0 Å². The Bertz CT molecular complexity index is 434. The SMILES string of the molecule is Cc1n[nH]c(C)c1CC(=O)NCCCC(C)C(=O)O. The number of aromatic nitrogens is 2. The molecule has 1 atom stereocenters. The van der Waals surface area contributed by atoms with Gasteiger partial charge in [0.15, 0.2) is 0 Å². The second-order valence-electron chi connectivity index (χ2n) is 4.82. The Morgan fingerprint density at radius 1 is 1.42 bits per heavy atom. The van der Waals surface area contributed by atoms with Crippen LogP contribution in [0.5, 0.6) is 0 Å². The first-order chi connectivity index (χ1) is 8.91. The standard InChI is InChI=1S/C13H21N3O3/c1-8(13(18)19)5-4-6-14-12(17)7-11-9(2)15-16-10(11)3/h8H,4-7H2,1-3H3,(H,14,17)(H,15,16)(H,18,19). The van der Waals surface area contributed by atoms with Crippen LogP contribution in [0.4, 0.5) is 0 Å². The Morgan fingerprint density at radius 3 is 2.63 bits per heavy atom. The number of carboxylic acids is 1. The van der Waals surface area contributed by atoms with Gasteiger partial charge in [0.25, 0.3) is 0 Å². The van der Waals surface area contributed by atoms with Gasteiger partial charge in [0.2, 0.25) is 5.91 Å². The fourth-order valence-electron chi connectivity index (χ4n) is 1.82. The Kier molecular flexibility index (Phi) is 5.54. The number of aryl methyl sites for hydroxylation is 2. The summed E-state index contributed by atoms with van der Waals surface area (Å²) in [7, 11) is 0. The molecular weight excluding hydrogens is 246 g/mol. The van der Waals surface area contributed by atoms with Crippen molar-refractivity contribution >= 4 is 11.9 Å². The molecule has 0 aliphatic carbocycles. The molecule has 0 aliphatic heterocycles. The summed E-state index contributed by atoms with van der Waals surface area (Å²) in [5.41, 5.74) is 2.68. The minimum Gasteiger partial charge on any atom is -0.481 e. The van der Waals surface area contributed by atoms with E-state index >= 15 is 0 Å². The quantitative estimate of drug-likeness (QED) is 0.647. The van der Waals surface area contributed by atoms with Gasteiger partial charge in [-0.25, -0.2) is 0 Å². The van der Waals surface area contributed by atoms with Crippen molar-refractivity contribution in [3.8, 4) is 0 Å². The van der Waals surface area contributed by atoms with Gasteiger partial charge in [0.1, 0.15) is 0 Å². The number of aliphatic carboxylic acids is 1. The number of carbonyl (C=O) groups is 2. The molecule has 6 nitrogen and oxygen atoms in total. The normalized spacial score (nSPS) is 12.2. The Morgan fingerprint density at radius 2 is 2.11 bits per heavy atom. The second kappa shape index (κ2) is 6.92. The molecule has 0 radical (unpaired) electrons. The van der Waals surface area contributed by atoms with Crippen molar-refractivity contribution in [2.45, 2.75) is 40.0 Å². The molecule has 6 heteroatoms. The second-order valence-corrected chi connectivity index (χ2v) is 4.82. The van der Waals surface area contributed by atoms with Crippen molar-refractivity contribution in [1.29, 1.82) is 0 Å². The Hall–Kier alpha value is -1.85. The Balaban J connectivity index is 2.27. The van der Waals surface area contributed by atoms with Gasteiger partial charge in [-0.05, 0) is 26.7 Å². The van der Waals surface area contributed by atoms with Crippen LogP contribution in [0, 0.1) is 19.8 Å². The lowest BCUT2D eigenvalue weighted by Gasteiger charge is -2.07. The van der Waals surface area contributed by atoms with Crippen LogP contribution in [0.1, 0.15) is 36.7 Å². The first-order valence-electron chi connectivity index (χ1n) is 6.41. The topological polar surface area (TPSA) is 95.1 Å². The highest BCUT2D eigenvalue weighted by molar-refractivity contribution is 5.79. The highest BCUT2D eigenvalue weighted by atomic mass is 16.4. The number of carbonyl (C=O) groups excluding carboxylic acids is 1. The van der Waals surface area contributed by atoms with Crippen molar-refractivity contribution in [2.24, 2.45) is 5.92 Å². The molecule has 1 aromatic rings. The van der Waals surface area contributed by atoms with Crippen molar-refractivity contribution < 1.29 is 14.7 Å². The monoisotopic (exact) mass is 267 g/mol. The van der Waals surface area contributed by atoms with Crippen molar-refractivity contribution in [3.63, 3.8) is 0 Å². The van der Waals surface area contributed by atoms with Gasteiger partial charge < -0.3 is 10.4 Å². The molecule has 19 heavy (non-hydrogen) atoms. The number of nitrogens with one attached hydrogen (secondary N) is 2. The summed E-state index contributed by atoms with van der Waals surface area (Å²) in [4.78, 5) is 22.3. The number of carboxylic acid groups (broad SMARTS) is 1. The number of hydrogen-bond acceptors (Lipinski definition) is 3. The average Bonchev–Trinajstić information content (AvgIpc) is 2.66. The fourth-order valence-corrected chi connectivity index (χ4v) is 1.82. The molecule has 0 fully saturated rings. The number of aromatic amines is 1. The van der Waals surface area contributed by atoms with Crippen molar-refractivity contribution in [3.05, 3.63) is 17.0 Å². The van der Waals surface area contributed by atoms with E-state index in [1.54, 1.807) is 6.92 Å². The van der Waals surface area contributed by atoms with Crippen LogP contribution in [0.25, 0.3) is 0 Å². The highest BCUT2D eigenvalue weighted by Crippen LogP contribution is 2.10. The highest BCUT2D eigenvalue weighted by Gasteiger charge is 2.12. The molecule has 0 bridgehead atoms. The summed E-state index contributed by atoms with van der Waals surface area (Å²) in [6.07, 6.45) is 1.55. The van der Waals surface area contributed by atoms with Gasteiger partial charge in [0, 0.05) is 17.8 Å². The molecule has 0 aliphatic rings. The van der Waals surface area contributed by atoms with Gasteiger partial charge in [0.05, 0.1) is 18.0 Å². The van der Waals surface area contributed by atoms with Gasteiger partial charge in [-0.2, -0.15) is 5.10 Å². The van der Waals surface area contributed by atoms with Crippen molar-refractivity contribution in [2.75, 3.05) is 6.54 Å². The smallest absolute Gasteiger partial charge is 0.306 e. The van der Waals surface area contributed by atoms with E-state index in [-0.39, 0.29) is 11.8 Å². The van der Waals surface area contributed by atoms with Gasteiger partial charge in [-0.3, -0.25) is 14.7 Å². The van der Waals surface area contributed by atoms with Crippen LogP contribution >= 0.6 is 0 Å². The summed E-state index contributed by atoms with van der Waals surface area (Å²) in [5, 5.41) is 18.4. The molecule has 0 saturated heterocycles. The van der Waals surface area contributed by atoms with Gasteiger partial charge >= 0.3 is 5.97 Å². The van der Waals surface area contributed by atoms with Crippen molar-refractivity contribution in [1.82, 2.24) is 15.5 Å². The van der Waals surface area contributed by atoms with E-state index in [4.69, 9.17) is 5.11 Å². The van der Waals surface area contributed by atoms with E-state index in [1.165, 1.54) is 0 Å². The van der Waals surface area contributed by atoms with E-state index in [2.05, 4.69) is 15.5 Å². The summed E-state index contributed by atoms with van der Waals surface area (Å²) < 4.78 is 0. The third-order valence-electron chi connectivity index (χ3n) is 3.18. The molecule has 3 N–H and O–H groups in total. The van der Waals surface area contributed by atoms with E-state index < -0.39 is 5.97 Å². The summed E-state index contributed by atoms with van der Waals surface area (Å²) >= 11 is 0. The zero-order valence-corrected chi connectivity index (χ0v) is 11.6. The third-order valence-corrected chi connectivity index (χ3v) is 3.18. The molecule has 1 rings (SSSR count). The lowest BCUT2D eigenvalue weighted by molar-refractivity contribution is -0.141. The van der Waals surface area contributed by atoms with Gasteiger partial charge in [-0.1, -0.05) is 6.92 Å². The molecule has 0 aromatic carbocycles. The first kappa shape index (κ1) is 15.2. The van der Waals surface area contributed by atoms with Crippen LogP contribution in [-0.4, -0.2) is 33.7 Å². The van der Waals surface area contributed by atoms with Crippen LogP contribution in [0.3, 0.4) is 0 Å². The summed E-state index contributed by atoms with van der Waals surface area (Å²) in [6, 6.07) is 0. The molecule has 1 aromatic heterocycles. The van der Waals surface area contributed by atoms with Crippen LogP contribution in [0.2, 0.25) is 0 Å². The first-order valence-corrected chi connectivity index (χ1v) is 6.41. The molecular formula is C13H21N3O3. The summed E-state index contributed by atoms with van der Waals surface area (Å²) in [6.45, 7) is 5.92. The lowest BCUT2D eigenvalue weighted by Crippen LogP contribution is -2.27. The summed E-state index contributed by atoms with van der Waals surface area (Å²) in [5.74, 6) is -1.22. The molecule has 0 saturated carbocycles. The number of amides is 1. The van der Waals surface area contributed by atoms with Gasteiger partial charge in [-0.15, -0.1) is 0 Å². The molecule has 106 valence electrons. The zero-order valence-electron chi connectivity index (χ0n) is 11.6. The minimum absolute atomic E-state index is 0.0596. The number of nitrogens with zero attached hydrogens (tertiary/aromatic N) is 1. The largest absolute Gasteiger partial charge is 0.481 e. The number of rotatable bonds is 7. The predicted molar refractivity (Wildman–Crippen MR) is 70.8 cm³/mol. The lowest BCUT2D eigenvalue weighted by atomic mass is 10.1. The molecule has 1 unspecified atom stereocenters. The molecule has 1 heterocycles. The molecule has 1 amide bonds. The maximum atomic E-state index is 11.7.